The maximum Gasteiger partial charge on any atom is 0.240 e. The van der Waals surface area contributed by atoms with Gasteiger partial charge in [0, 0.05) is 0 Å². The largest absolute Gasteiger partial charge is 0.297 e. The van der Waals surface area contributed by atoms with Crippen molar-refractivity contribution in [1.29, 1.82) is 0 Å². The Labute approximate surface area is 131 Å². The molecule has 22 heavy (non-hydrogen) atoms. The summed E-state index contributed by atoms with van der Waals surface area (Å²) in [6.07, 6.45) is 2.46. The molecule has 4 heteroatoms. The van der Waals surface area contributed by atoms with Crippen molar-refractivity contribution in [2.45, 2.75) is 32.9 Å². The van der Waals surface area contributed by atoms with Crippen molar-refractivity contribution in [2.24, 2.45) is 10.8 Å². The lowest BCUT2D eigenvalue weighted by molar-refractivity contribution is -1.18. The molecule has 2 N–H and O–H groups in total. The number of rotatable bonds is 3. The average Bonchev–Trinajstić information content (AvgIpc) is 2.45. The predicted octanol–water partition coefficient (Wildman–Crippen LogP) is -0.00320. The Bertz CT molecular complexity index is 596. The fraction of sp³-hybridized carbons (Fsp3) is 0.611. The van der Waals surface area contributed by atoms with E-state index in [1.807, 2.05) is 12.1 Å². The molecule has 2 unspecified atom stereocenters. The van der Waals surface area contributed by atoms with Crippen LogP contribution in [0.5, 0.6) is 0 Å². The zero-order chi connectivity index (χ0) is 15.5. The van der Waals surface area contributed by atoms with Gasteiger partial charge in [-0.1, -0.05) is 13.3 Å². The van der Waals surface area contributed by atoms with Gasteiger partial charge in [-0.05, 0) is 37.6 Å². The highest BCUT2D eigenvalue weighted by Gasteiger charge is 2.69. The molecule has 4 aliphatic rings. The van der Waals surface area contributed by atoms with Crippen molar-refractivity contribution < 1.29 is 19.0 Å². The number of piperidine rings is 2. The Hall–Kier alpha value is -1.26. The van der Waals surface area contributed by atoms with Gasteiger partial charge in [0.2, 0.25) is 6.17 Å². The molecule has 4 saturated heterocycles. The molecule has 0 aromatic heterocycles. The highest BCUT2D eigenvalue weighted by molar-refractivity contribution is 5.91. The summed E-state index contributed by atoms with van der Waals surface area (Å²) in [6, 6.07) is 6.99. The lowest BCUT2D eigenvalue weighted by Gasteiger charge is -2.59. The van der Waals surface area contributed by atoms with Gasteiger partial charge < -0.3 is 0 Å². The first-order valence-corrected chi connectivity index (χ1v) is 8.47. The number of carbonyl (C=O) groups excluding carboxylic acids is 1. The molecule has 0 amide bonds. The lowest BCUT2D eigenvalue weighted by Crippen LogP contribution is -3.41. The highest BCUT2D eigenvalue weighted by atomic mass is 19.1. The first kappa shape index (κ1) is 14.3. The number of quaternary nitrogens is 2. The van der Waals surface area contributed by atoms with Gasteiger partial charge in [0.1, 0.15) is 29.7 Å². The van der Waals surface area contributed by atoms with Crippen molar-refractivity contribution in [3.05, 3.63) is 35.6 Å². The van der Waals surface area contributed by atoms with Crippen LogP contribution in [-0.2, 0) is 4.79 Å². The molecule has 0 saturated carbocycles. The van der Waals surface area contributed by atoms with Crippen molar-refractivity contribution >= 4 is 5.78 Å². The van der Waals surface area contributed by atoms with Gasteiger partial charge in [0.05, 0.1) is 18.7 Å². The Morgan fingerprint density at radius 1 is 1.14 bits per heavy atom. The smallest absolute Gasteiger partial charge is 0.240 e. The second kappa shape index (κ2) is 4.62. The summed E-state index contributed by atoms with van der Waals surface area (Å²) in [5, 5.41) is 0. The van der Waals surface area contributed by atoms with E-state index < -0.39 is 0 Å². The quantitative estimate of drug-likeness (QED) is 0.808. The van der Waals surface area contributed by atoms with E-state index in [1.165, 1.54) is 15.4 Å². The number of halogens is 1. The van der Waals surface area contributed by atoms with Crippen LogP contribution in [0.25, 0.3) is 0 Å². The minimum Gasteiger partial charge on any atom is -0.297 e. The zero-order valence-corrected chi connectivity index (χ0v) is 13.4. The van der Waals surface area contributed by atoms with Crippen LogP contribution in [0.3, 0.4) is 0 Å². The summed E-state index contributed by atoms with van der Waals surface area (Å²) < 4.78 is 13.2. The monoisotopic (exact) mass is 304 g/mol. The molecule has 1 aromatic rings. The lowest BCUT2D eigenvalue weighted by atomic mass is 9.59. The first-order chi connectivity index (χ1) is 10.5. The Morgan fingerprint density at radius 3 is 2.27 bits per heavy atom. The van der Waals surface area contributed by atoms with Gasteiger partial charge in [-0.25, -0.2) is 4.39 Å². The van der Waals surface area contributed by atoms with Crippen molar-refractivity contribution in [3.8, 4) is 0 Å². The Morgan fingerprint density at radius 2 is 1.73 bits per heavy atom. The number of nitrogens with one attached hydrogen (secondary N) is 2. The fourth-order valence-electron chi connectivity index (χ4n) is 5.68. The van der Waals surface area contributed by atoms with E-state index in [0.29, 0.717) is 11.9 Å². The second-order valence-corrected chi connectivity index (χ2v) is 7.93. The SMILES string of the molecule is CCCC12C[NH+]3CC(C)(C[NH+](C1)C3c1ccc(F)cc1)C2=O. The minimum absolute atomic E-state index is 0.110. The summed E-state index contributed by atoms with van der Waals surface area (Å²) in [6.45, 7) is 8.13. The maximum atomic E-state index is 13.2. The molecule has 0 spiro atoms. The van der Waals surface area contributed by atoms with E-state index >= 15 is 0 Å². The van der Waals surface area contributed by atoms with Crippen LogP contribution in [0, 0.1) is 16.6 Å². The number of hydrogen-bond acceptors (Lipinski definition) is 1. The summed E-state index contributed by atoms with van der Waals surface area (Å²) in [5.41, 5.74) is 0.946. The molecular formula is C18H25FN2O+2. The zero-order valence-electron chi connectivity index (χ0n) is 13.4. The maximum absolute atomic E-state index is 13.2. The topological polar surface area (TPSA) is 26.0 Å². The molecule has 4 aliphatic heterocycles. The summed E-state index contributed by atoms with van der Waals surface area (Å²) in [4.78, 5) is 16.1. The molecule has 0 radical (unpaired) electrons. The molecule has 4 bridgehead atoms. The Balaban J connectivity index is 1.71. The standard InChI is InChI=1S/C18H23FN2O/c1-3-8-18-11-20-9-17(2,16(18)22)10-21(12-18)15(20)13-4-6-14(19)7-5-13/h4-7,15H,3,8-12H2,1-2H3/p+2. The van der Waals surface area contributed by atoms with E-state index in [0.717, 1.165) is 39.0 Å². The third-order valence-electron chi connectivity index (χ3n) is 6.14. The van der Waals surface area contributed by atoms with Crippen LogP contribution in [0.4, 0.5) is 4.39 Å². The summed E-state index contributed by atoms with van der Waals surface area (Å²) in [7, 11) is 0. The van der Waals surface area contributed by atoms with E-state index in [4.69, 9.17) is 0 Å². The van der Waals surface area contributed by atoms with Crippen LogP contribution >= 0.6 is 0 Å². The molecule has 4 heterocycles. The normalized spacial score (nSPS) is 42.9. The average molecular weight is 304 g/mol. The third kappa shape index (κ3) is 1.83. The van der Waals surface area contributed by atoms with E-state index in [2.05, 4.69) is 13.8 Å². The predicted molar refractivity (Wildman–Crippen MR) is 81.0 cm³/mol. The second-order valence-electron chi connectivity index (χ2n) is 7.93. The van der Waals surface area contributed by atoms with Crippen molar-refractivity contribution in [1.82, 2.24) is 0 Å². The van der Waals surface area contributed by atoms with Crippen LogP contribution in [0.1, 0.15) is 38.4 Å². The molecule has 118 valence electrons. The molecule has 5 rings (SSSR count). The molecule has 1 aromatic carbocycles. The molecular weight excluding hydrogens is 279 g/mol. The van der Waals surface area contributed by atoms with Gasteiger partial charge in [0.25, 0.3) is 0 Å². The van der Waals surface area contributed by atoms with Gasteiger partial charge in [-0.2, -0.15) is 0 Å². The van der Waals surface area contributed by atoms with Crippen LogP contribution in [0.15, 0.2) is 24.3 Å². The number of Topliss-reactive ketones (excluding diaryl/α,β-unsaturated/α-hetero) is 1. The van der Waals surface area contributed by atoms with Crippen molar-refractivity contribution in [3.63, 3.8) is 0 Å². The minimum atomic E-state index is -0.174. The van der Waals surface area contributed by atoms with Gasteiger partial charge >= 0.3 is 0 Å². The third-order valence-corrected chi connectivity index (χ3v) is 6.14. The van der Waals surface area contributed by atoms with Crippen LogP contribution < -0.4 is 9.80 Å². The fourth-order valence-corrected chi connectivity index (χ4v) is 5.68. The summed E-state index contributed by atoms with van der Waals surface area (Å²) in [5.74, 6) is 0.346. The van der Waals surface area contributed by atoms with E-state index in [-0.39, 0.29) is 16.6 Å². The number of carbonyl (C=O) groups is 1. The first-order valence-electron chi connectivity index (χ1n) is 8.47. The van der Waals surface area contributed by atoms with Gasteiger partial charge in [0.15, 0.2) is 5.78 Å². The van der Waals surface area contributed by atoms with Crippen LogP contribution in [0.2, 0.25) is 0 Å². The number of benzene rings is 1. The van der Waals surface area contributed by atoms with Gasteiger partial charge in [-0.15, -0.1) is 0 Å². The summed E-state index contributed by atoms with van der Waals surface area (Å²) >= 11 is 0. The van der Waals surface area contributed by atoms with E-state index in [9.17, 15) is 9.18 Å². The molecule has 4 fully saturated rings. The highest BCUT2D eigenvalue weighted by Crippen LogP contribution is 2.39. The Kier molecular flexibility index (Phi) is 3.01. The molecule has 0 aliphatic carbocycles. The van der Waals surface area contributed by atoms with Crippen molar-refractivity contribution in [2.75, 3.05) is 26.2 Å². The molecule has 3 nitrogen and oxygen atoms in total. The number of hydrogen-bond donors (Lipinski definition) is 2. The van der Waals surface area contributed by atoms with E-state index in [1.54, 1.807) is 12.1 Å². The molecule has 2 atom stereocenters. The number of ketones is 1. The van der Waals surface area contributed by atoms with Gasteiger partial charge in [-0.3, -0.25) is 14.6 Å². The van der Waals surface area contributed by atoms with Crippen LogP contribution in [-0.4, -0.2) is 32.0 Å².